The van der Waals surface area contributed by atoms with Crippen LogP contribution in [0.4, 0.5) is 5.69 Å². The Bertz CT molecular complexity index is 609. The monoisotopic (exact) mass is 310 g/mol. The van der Waals surface area contributed by atoms with Crippen LogP contribution in [0, 0.1) is 5.92 Å². The van der Waals surface area contributed by atoms with Gasteiger partial charge in [-0.05, 0) is 49.9 Å². The van der Waals surface area contributed by atoms with Crippen molar-refractivity contribution in [3.8, 4) is 0 Å². The largest absolute Gasteiger partial charge is 0.385 e. The van der Waals surface area contributed by atoms with Crippen LogP contribution >= 0.6 is 0 Å². The van der Waals surface area contributed by atoms with E-state index in [4.69, 9.17) is 4.74 Å². The van der Waals surface area contributed by atoms with Gasteiger partial charge in [-0.15, -0.1) is 0 Å². The van der Waals surface area contributed by atoms with Gasteiger partial charge in [0.25, 0.3) is 0 Å². The summed E-state index contributed by atoms with van der Waals surface area (Å²) in [7, 11) is -3.46. The van der Waals surface area contributed by atoms with Crippen molar-refractivity contribution < 1.29 is 13.2 Å². The van der Waals surface area contributed by atoms with Crippen LogP contribution in [0.15, 0.2) is 23.1 Å². The van der Waals surface area contributed by atoms with Crippen molar-refractivity contribution in [1.29, 1.82) is 0 Å². The summed E-state index contributed by atoms with van der Waals surface area (Å²) in [6.45, 7) is 4.23. The quantitative estimate of drug-likeness (QED) is 0.889. The Morgan fingerprint density at radius 3 is 3.05 bits per heavy atom. The van der Waals surface area contributed by atoms with Gasteiger partial charge in [0.05, 0.1) is 11.5 Å². The van der Waals surface area contributed by atoms with E-state index in [1.807, 2.05) is 13.0 Å². The van der Waals surface area contributed by atoms with Crippen LogP contribution < -0.4 is 10.0 Å². The minimum Gasteiger partial charge on any atom is -0.385 e. The molecule has 2 heterocycles. The van der Waals surface area contributed by atoms with E-state index in [0.717, 1.165) is 43.7 Å². The standard InChI is InChI=1S/C15H22N2O3S/c1-11(13-6-8-20-10-13)17-21(18,19)14-4-5-15-12(9-14)3-2-7-16-15/h4-5,9,11,13,16-17H,2-3,6-8,10H2,1H3. The summed E-state index contributed by atoms with van der Waals surface area (Å²) in [5.41, 5.74) is 2.14. The Balaban J connectivity index is 1.77. The predicted molar refractivity (Wildman–Crippen MR) is 82.0 cm³/mol. The molecule has 0 aromatic heterocycles. The number of nitrogens with one attached hydrogen (secondary N) is 2. The average molecular weight is 310 g/mol. The van der Waals surface area contributed by atoms with Crippen LogP contribution in [0.3, 0.4) is 0 Å². The van der Waals surface area contributed by atoms with Gasteiger partial charge in [-0.1, -0.05) is 0 Å². The molecule has 2 unspecified atom stereocenters. The van der Waals surface area contributed by atoms with Crippen molar-refractivity contribution in [3.05, 3.63) is 23.8 Å². The molecule has 0 amide bonds. The van der Waals surface area contributed by atoms with E-state index in [-0.39, 0.29) is 12.0 Å². The molecule has 5 nitrogen and oxygen atoms in total. The van der Waals surface area contributed by atoms with Crippen LogP contribution in [0.1, 0.15) is 25.3 Å². The molecule has 1 aromatic carbocycles. The summed E-state index contributed by atoms with van der Waals surface area (Å²) in [6.07, 6.45) is 2.88. The number of ether oxygens (including phenoxy) is 1. The highest BCUT2D eigenvalue weighted by Gasteiger charge is 2.27. The zero-order chi connectivity index (χ0) is 14.9. The molecule has 2 aliphatic rings. The first-order valence-corrected chi connectivity index (χ1v) is 9.01. The second-order valence-electron chi connectivity index (χ2n) is 5.88. The lowest BCUT2D eigenvalue weighted by molar-refractivity contribution is 0.180. The maximum Gasteiger partial charge on any atom is 0.240 e. The third-order valence-corrected chi connectivity index (χ3v) is 5.90. The molecule has 1 aromatic rings. The normalized spacial score (nSPS) is 23.4. The molecule has 0 bridgehead atoms. The second-order valence-corrected chi connectivity index (χ2v) is 7.60. The Hall–Kier alpha value is -1.11. The Morgan fingerprint density at radius 2 is 2.29 bits per heavy atom. The van der Waals surface area contributed by atoms with E-state index >= 15 is 0 Å². The second kappa shape index (κ2) is 5.94. The fraction of sp³-hybridized carbons (Fsp3) is 0.600. The van der Waals surface area contributed by atoms with Gasteiger partial charge < -0.3 is 10.1 Å². The highest BCUT2D eigenvalue weighted by Crippen LogP contribution is 2.25. The van der Waals surface area contributed by atoms with E-state index in [0.29, 0.717) is 11.5 Å². The van der Waals surface area contributed by atoms with Crippen molar-refractivity contribution in [1.82, 2.24) is 4.72 Å². The molecule has 116 valence electrons. The number of hydrogen-bond acceptors (Lipinski definition) is 4. The Labute approximate surface area is 126 Å². The minimum atomic E-state index is -3.46. The topological polar surface area (TPSA) is 67.4 Å². The van der Waals surface area contributed by atoms with Crippen LogP contribution in [0.5, 0.6) is 0 Å². The fourth-order valence-corrected chi connectivity index (χ4v) is 4.34. The molecule has 21 heavy (non-hydrogen) atoms. The lowest BCUT2D eigenvalue weighted by Gasteiger charge is -2.21. The molecular weight excluding hydrogens is 288 g/mol. The number of fused-ring (bicyclic) bond motifs is 1. The third kappa shape index (κ3) is 3.22. The highest BCUT2D eigenvalue weighted by molar-refractivity contribution is 7.89. The summed E-state index contributed by atoms with van der Waals surface area (Å²) in [4.78, 5) is 0.357. The van der Waals surface area contributed by atoms with Crippen molar-refractivity contribution >= 4 is 15.7 Å². The van der Waals surface area contributed by atoms with Gasteiger partial charge in [-0.2, -0.15) is 0 Å². The Morgan fingerprint density at radius 1 is 1.43 bits per heavy atom. The van der Waals surface area contributed by atoms with Gasteiger partial charge in [0.2, 0.25) is 10.0 Å². The number of benzene rings is 1. The molecule has 0 spiro atoms. The highest BCUT2D eigenvalue weighted by atomic mass is 32.2. The SMILES string of the molecule is CC(NS(=O)(=O)c1ccc2c(c1)CCCN2)C1CCOC1. The van der Waals surface area contributed by atoms with Gasteiger partial charge in [0.1, 0.15) is 0 Å². The number of sulfonamides is 1. The first-order valence-electron chi connectivity index (χ1n) is 7.53. The lowest BCUT2D eigenvalue weighted by atomic mass is 10.0. The van der Waals surface area contributed by atoms with E-state index in [9.17, 15) is 8.42 Å². The maximum atomic E-state index is 12.5. The van der Waals surface area contributed by atoms with Crippen molar-refractivity contribution in [2.24, 2.45) is 5.92 Å². The van der Waals surface area contributed by atoms with E-state index in [1.165, 1.54) is 0 Å². The fourth-order valence-electron chi connectivity index (χ4n) is 2.97. The summed E-state index contributed by atoms with van der Waals surface area (Å²) in [6, 6.07) is 5.23. The maximum absolute atomic E-state index is 12.5. The average Bonchev–Trinajstić information content (AvgIpc) is 3.00. The lowest BCUT2D eigenvalue weighted by Crippen LogP contribution is -2.38. The molecule has 2 atom stereocenters. The molecule has 1 saturated heterocycles. The molecule has 3 rings (SSSR count). The molecule has 0 saturated carbocycles. The van der Waals surface area contributed by atoms with Crippen LogP contribution in [0.2, 0.25) is 0 Å². The molecule has 6 heteroatoms. The van der Waals surface area contributed by atoms with Crippen molar-refractivity contribution in [2.45, 2.75) is 37.1 Å². The smallest absolute Gasteiger partial charge is 0.240 e. The molecule has 0 aliphatic carbocycles. The number of aryl methyl sites for hydroxylation is 1. The van der Waals surface area contributed by atoms with E-state index < -0.39 is 10.0 Å². The van der Waals surface area contributed by atoms with Crippen LogP contribution in [0.25, 0.3) is 0 Å². The van der Waals surface area contributed by atoms with Crippen LogP contribution in [-0.2, 0) is 21.2 Å². The summed E-state index contributed by atoms with van der Waals surface area (Å²) >= 11 is 0. The van der Waals surface area contributed by atoms with Crippen LogP contribution in [-0.4, -0.2) is 34.2 Å². The van der Waals surface area contributed by atoms with Gasteiger partial charge in [0.15, 0.2) is 0 Å². The van der Waals surface area contributed by atoms with E-state index in [2.05, 4.69) is 10.0 Å². The molecular formula is C15H22N2O3S. The van der Waals surface area contributed by atoms with Crippen molar-refractivity contribution in [3.63, 3.8) is 0 Å². The molecule has 1 fully saturated rings. The summed E-state index contributed by atoms with van der Waals surface area (Å²) in [5, 5.41) is 3.30. The Kier molecular flexibility index (Phi) is 4.19. The molecule has 2 aliphatic heterocycles. The number of rotatable bonds is 4. The van der Waals surface area contributed by atoms with Gasteiger partial charge in [0, 0.05) is 30.8 Å². The predicted octanol–water partition coefficient (Wildman–Crippen LogP) is 1.75. The summed E-state index contributed by atoms with van der Waals surface area (Å²) < 4.78 is 33.1. The molecule has 0 radical (unpaired) electrons. The number of anilines is 1. The van der Waals surface area contributed by atoms with Crippen molar-refractivity contribution in [2.75, 3.05) is 25.1 Å². The first kappa shape index (κ1) is 14.8. The molecule has 2 N–H and O–H groups in total. The van der Waals surface area contributed by atoms with Gasteiger partial charge >= 0.3 is 0 Å². The minimum absolute atomic E-state index is 0.105. The van der Waals surface area contributed by atoms with E-state index in [1.54, 1.807) is 12.1 Å². The summed E-state index contributed by atoms with van der Waals surface area (Å²) in [5.74, 6) is 0.263. The zero-order valence-electron chi connectivity index (χ0n) is 12.3. The zero-order valence-corrected chi connectivity index (χ0v) is 13.1. The third-order valence-electron chi connectivity index (χ3n) is 4.34. The van der Waals surface area contributed by atoms with Gasteiger partial charge in [-0.3, -0.25) is 0 Å². The number of hydrogen-bond donors (Lipinski definition) is 2. The van der Waals surface area contributed by atoms with Gasteiger partial charge in [-0.25, -0.2) is 13.1 Å². The first-order chi connectivity index (χ1) is 10.1.